The Kier molecular flexibility index (Phi) is 2.51. The van der Waals surface area contributed by atoms with Gasteiger partial charge >= 0.3 is 0 Å². The second-order valence-electron chi connectivity index (χ2n) is 4.50. The van der Waals surface area contributed by atoms with Crippen molar-refractivity contribution < 1.29 is 0 Å². The maximum atomic E-state index is 4.75. The molecule has 0 N–H and O–H groups in total. The third-order valence-electron chi connectivity index (χ3n) is 3.46. The van der Waals surface area contributed by atoms with E-state index < -0.39 is 0 Å². The molecule has 82 valence electrons. The van der Waals surface area contributed by atoms with Crippen molar-refractivity contribution in [3.63, 3.8) is 0 Å². The van der Waals surface area contributed by atoms with Crippen molar-refractivity contribution in [3.8, 4) is 0 Å². The topological polar surface area (TPSA) is 21.1 Å². The Hall–Kier alpha value is -0.100. The molecule has 1 aliphatic carbocycles. The average molecular weight is 317 g/mol. The van der Waals surface area contributed by atoms with Crippen LogP contribution < -0.4 is 0 Å². The first kappa shape index (κ1) is 10.1. The van der Waals surface area contributed by atoms with Gasteiger partial charge in [0.05, 0.1) is 5.69 Å². The van der Waals surface area contributed by atoms with Crippen LogP contribution in [0.25, 0.3) is 0 Å². The van der Waals surface area contributed by atoms with E-state index in [0.717, 1.165) is 25.6 Å². The fourth-order valence-corrected chi connectivity index (χ4v) is 3.04. The van der Waals surface area contributed by atoms with Crippen LogP contribution in [0.4, 0.5) is 0 Å². The van der Waals surface area contributed by atoms with E-state index in [1.165, 1.54) is 34.6 Å². The highest BCUT2D eigenvalue weighted by atomic mass is 127. The van der Waals surface area contributed by atoms with Crippen molar-refractivity contribution in [2.45, 2.75) is 38.8 Å². The minimum absolute atomic E-state index is 0.778. The summed E-state index contributed by atoms with van der Waals surface area (Å²) in [6.45, 7) is 6.82. The van der Waals surface area contributed by atoms with E-state index in [1.54, 1.807) is 0 Å². The molecule has 3 rings (SSSR count). The maximum absolute atomic E-state index is 4.75. The zero-order valence-electron chi connectivity index (χ0n) is 9.04. The Balaban J connectivity index is 1.96. The van der Waals surface area contributed by atoms with Gasteiger partial charge in [0.1, 0.15) is 9.53 Å². The van der Waals surface area contributed by atoms with E-state index in [2.05, 4.69) is 39.0 Å². The van der Waals surface area contributed by atoms with Gasteiger partial charge in [-0.1, -0.05) is 6.92 Å². The van der Waals surface area contributed by atoms with Gasteiger partial charge in [0.15, 0.2) is 0 Å². The van der Waals surface area contributed by atoms with Crippen LogP contribution >= 0.6 is 22.6 Å². The summed E-state index contributed by atoms with van der Waals surface area (Å²) in [5.41, 5.74) is 1.45. The van der Waals surface area contributed by atoms with Gasteiger partial charge in [-0.3, -0.25) is 4.90 Å². The van der Waals surface area contributed by atoms with Crippen LogP contribution in [-0.2, 0) is 13.1 Å². The van der Waals surface area contributed by atoms with Crippen molar-refractivity contribution in [3.05, 3.63) is 15.2 Å². The predicted octanol–water partition coefficient (Wildman–Crippen LogP) is 2.20. The van der Waals surface area contributed by atoms with Crippen molar-refractivity contribution in [2.24, 2.45) is 0 Å². The molecule has 1 aromatic rings. The molecule has 0 saturated heterocycles. The van der Waals surface area contributed by atoms with Crippen LogP contribution in [0.15, 0.2) is 0 Å². The van der Waals surface area contributed by atoms with E-state index in [0.29, 0.717) is 0 Å². The lowest BCUT2D eigenvalue weighted by Gasteiger charge is -2.27. The Morgan fingerprint density at radius 1 is 1.40 bits per heavy atom. The molecule has 1 aromatic heterocycles. The first-order valence-electron chi connectivity index (χ1n) is 5.76. The molecule has 1 aliphatic heterocycles. The van der Waals surface area contributed by atoms with Gasteiger partial charge in [-0.25, -0.2) is 4.98 Å². The quantitative estimate of drug-likeness (QED) is 0.780. The number of aromatic nitrogens is 2. The molecule has 0 spiro atoms. The summed E-state index contributed by atoms with van der Waals surface area (Å²) in [4.78, 5) is 7.24. The van der Waals surface area contributed by atoms with Gasteiger partial charge in [-0.15, -0.1) is 0 Å². The molecule has 1 fully saturated rings. The molecule has 0 atom stereocenters. The molecule has 15 heavy (non-hydrogen) atoms. The molecule has 0 radical (unpaired) electrons. The van der Waals surface area contributed by atoms with Crippen LogP contribution in [-0.4, -0.2) is 27.5 Å². The van der Waals surface area contributed by atoms with E-state index >= 15 is 0 Å². The lowest BCUT2D eigenvalue weighted by molar-refractivity contribution is 0.230. The summed E-state index contributed by atoms with van der Waals surface area (Å²) >= 11 is 2.39. The largest absolute Gasteiger partial charge is 0.328 e. The zero-order chi connectivity index (χ0) is 10.4. The second-order valence-corrected chi connectivity index (χ2v) is 5.52. The Morgan fingerprint density at radius 2 is 2.20 bits per heavy atom. The molecule has 2 heterocycles. The summed E-state index contributed by atoms with van der Waals surface area (Å²) in [5.74, 6) is 2.14. The summed E-state index contributed by atoms with van der Waals surface area (Å²) in [7, 11) is 0. The molecule has 0 bridgehead atoms. The smallest absolute Gasteiger partial charge is 0.124 e. The third-order valence-corrected chi connectivity index (χ3v) is 4.32. The number of fused-ring (bicyclic) bond motifs is 1. The molecule has 3 nitrogen and oxygen atoms in total. The van der Waals surface area contributed by atoms with E-state index in [-0.39, 0.29) is 0 Å². The van der Waals surface area contributed by atoms with Gasteiger partial charge in [0, 0.05) is 25.6 Å². The second kappa shape index (κ2) is 3.73. The van der Waals surface area contributed by atoms with Gasteiger partial charge in [0.2, 0.25) is 0 Å². The third kappa shape index (κ3) is 1.71. The minimum Gasteiger partial charge on any atom is -0.328 e. The highest BCUT2D eigenvalue weighted by molar-refractivity contribution is 14.1. The molecule has 0 aromatic carbocycles. The number of imidazole rings is 1. The number of hydrogen-bond acceptors (Lipinski definition) is 2. The van der Waals surface area contributed by atoms with Crippen LogP contribution in [0.3, 0.4) is 0 Å². The van der Waals surface area contributed by atoms with Crippen molar-refractivity contribution in [2.75, 3.05) is 13.1 Å². The highest BCUT2D eigenvalue weighted by Crippen LogP contribution is 2.41. The molecule has 0 unspecified atom stereocenters. The van der Waals surface area contributed by atoms with Gasteiger partial charge in [-0.05, 0) is 42.0 Å². The molecular formula is C11H16IN3. The molecule has 1 saturated carbocycles. The zero-order valence-corrected chi connectivity index (χ0v) is 11.2. The Labute approximate surface area is 104 Å². The number of nitrogens with zero attached hydrogens (tertiary/aromatic N) is 3. The van der Waals surface area contributed by atoms with Gasteiger partial charge in [0.25, 0.3) is 0 Å². The fourth-order valence-electron chi connectivity index (χ4n) is 2.33. The van der Waals surface area contributed by atoms with Crippen molar-refractivity contribution in [1.82, 2.24) is 14.5 Å². The summed E-state index contributed by atoms with van der Waals surface area (Å²) < 4.78 is 3.71. The first-order valence-corrected chi connectivity index (χ1v) is 6.84. The fraction of sp³-hybridized carbons (Fsp3) is 0.727. The first-order chi connectivity index (χ1) is 7.29. The number of halogens is 1. The summed E-state index contributed by atoms with van der Waals surface area (Å²) in [6, 6.07) is 0. The number of rotatable bonds is 2. The Morgan fingerprint density at radius 3 is 2.87 bits per heavy atom. The molecule has 4 heteroatoms. The van der Waals surface area contributed by atoms with Crippen LogP contribution in [0, 0.1) is 3.70 Å². The van der Waals surface area contributed by atoms with Gasteiger partial charge in [-0.2, -0.15) is 0 Å². The lowest BCUT2D eigenvalue weighted by Crippen LogP contribution is -2.34. The monoisotopic (exact) mass is 317 g/mol. The van der Waals surface area contributed by atoms with Crippen molar-refractivity contribution >= 4 is 22.6 Å². The molecular weight excluding hydrogens is 301 g/mol. The van der Waals surface area contributed by atoms with Crippen molar-refractivity contribution in [1.29, 1.82) is 0 Å². The standard InChI is InChI=1S/C11H16IN3/c1-2-14-5-6-15-9(7-14)10(12)13-11(15)8-3-4-8/h8H,2-7H2,1H3. The minimum atomic E-state index is 0.778. The number of likely N-dealkylation sites (N-methyl/N-ethyl adjacent to an activating group) is 1. The number of hydrogen-bond donors (Lipinski definition) is 0. The van der Waals surface area contributed by atoms with Gasteiger partial charge < -0.3 is 4.57 Å². The van der Waals surface area contributed by atoms with Crippen LogP contribution in [0.1, 0.15) is 37.2 Å². The Bertz CT molecular complexity index is 381. The van der Waals surface area contributed by atoms with E-state index in [4.69, 9.17) is 4.98 Å². The summed E-state index contributed by atoms with van der Waals surface area (Å²) in [6.07, 6.45) is 2.70. The average Bonchev–Trinajstić information content (AvgIpc) is 3.05. The predicted molar refractivity (Wildman–Crippen MR) is 67.9 cm³/mol. The molecule has 2 aliphatic rings. The summed E-state index contributed by atoms with van der Waals surface area (Å²) in [5, 5.41) is 0. The maximum Gasteiger partial charge on any atom is 0.124 e. The van der Waals surface area contributed by atoms with E-state index in [1.807, 2.05) is 0 Å². The van der Waals surface area contributed by atoms with Crippen LogP contribution in [0.2, 0.25) is 0 Å². The molecule has 0 amide bonds. The van der Waals surface area contributed by atoms with Crippen LogP contribution in [0.5, 0.6) is 0 Å². The normalized spacial score (nSPS) is 21.7. The SMILES string of the molecule is CCN1CCn2c(C3CC3)nc(I)c2C1. The highest BCUT2D eigenvalue weighted by Gasteiger charge is 2.32. The lowest BCUT2D eigenvalue weighted by atomic mass is 10.3. The van der Waals surface area contributed by atoms with E-state index in [9.17, 15) is 0 Å².